The molecule has 6 rings (SSSR count). The van der Waals surface area contributed by atoms with E-state index in [-0.39, 0.29) is 49.8 Å². The van der Waals surface area contributed by atoms with Crippen molar-refractivity contribution >= 4 is 35.1 Å². The van der Waals surface area contributed by atoms with Crippen LogP contribution >= 0.6 is 7.26 Å². The Morgan fingerprint density at radius 1 is 0.778 bits per heavy atom. The van der Waals surface area contributed by atoms with E-state index in [0.29, 0.717) is 12.8 Å². The lowest BCUT2D eigenvalue weighted by Gasteiger charge is -2.46. The summed E-state index contributed by atoms with van der Waals surface area (Å²) in [5.74, 6) is -3.31. The first-order chi connectivity index (χ1) is 34.2. The van der Waals surface area contributed by atoms with Gasteiger partial charge in [-0.1, -0.05) is 114 Å². The fraction of sp³-hybridized carbons (Fsp3) is 0.661. The molecular weight excluding hydrogens is 928 g/mol. The van der Waals surface area contributed by atoms with Crippen molar-refractivity contribution in [3.05, 3.63) is 78.9 Å². The average molecular weight is 1020 g/mol. The van der Waals surface area contributed by atoms with Crippen LogP contribution in [0.3, 0.4) is 0 Å². The maximum absolute atomic E-state index is 14.3. The number of aliphatic hydroxyl groups excluding tert-OH is 3. The summed E-state index contributed by atoms with van der Waals surface area (Å²) in [5, 5.41) is 64.1. The van der Waals surface area contributed by atoms with Gasteiger partial charge in [-0.3, -0.25) is 9.59 Å². The molecule has 3 aromatic rings. The topological polar surface area (TPSA) is 169 Å². The van der Waals surface area contributed by atoms with E-state index in [9.17, 15) is 35.1 Å². The third-order valence-electron chi connectivity index (χ3n) is 16.5. The van der Waals surface area contributed by atoms with E-state index >= 15 is 0 Å². The molecule has 3 aromatic carbocycles. The molecule has 1 amide bonds. The third kappa shape index (κ3) is 13.0. The Hall–Kier alpha value is -3.29. The predicted octanol–water partition coefficient (Wildman–Crippen LogP) is 7.75. The summed E-state index contributed by atoms with van der Waals surface area (Å²) in [6.07, 6.45) is 4.13. The number of esters is 1. The van der Waals surface area contributed by atoms with Crippen molar-refractivity contribution in [3.8, 4) is 11.1 Å². The zero-order valence-electron chi connectivity index (χ0n) is 45.2. The van der Waals surface area contributed by atoms with Gasteiger partial charge in [-0.15, -0.1) is 0 Å². The highest BCUT2D eigenvalue weighted by molar-refractivity contribution is 7.96. The van der Waals surface area contributed by atoms with Crippen LogP contribution in [-0.2, 0) is 23.8 Å². The van der Waals surface area contributed by atoms with Crippen LogP contribution < -0.4 is 15.9 Å². The quantitative estimate of drug-likeness (QED) is 0.0510. The number of fused-ring (bicyclic) bond motifs is 3. The number of hydrogen-bond acceptors (Lipinski definition) is 11. The summed E-state index contributed by atoms with van der Waals surface area (Å²) in [6.45, 7) is 13.6. The average Bonchev–Trinajstić information content (AvgIpc) is 3.64. The monoisotopic (exact) mass is 1020 g/mol. The SMILES string of the molecule is CC[C@H]1OC(=O)[C@H](C)[C@@H](O)[C@H](C)[C@@H](O[C@@H]2O[C@H](C)C[C@H](N(C)C)[C@H]2O)[C@](C)(O)C[C@@H](C)CN(C(=O)CCCCCCCCCCC[P+]2(c3ccccc3)c3ccccc3-c3ccccc32)[C@H](C)[C@@H](O)[C@]1(C)O. The van der Waals surface area contributed by atoms with Gasteiger partial charge in [0.2, 0.25) is 5.91 Å². The normalized spacial score (nSPS) is 33.4. The molecule has 400 valence electrons. The Bertz CT molecular complexity index is 2140. The van der Waals surface area contributed by atoms with Crippen molar-refractivity contribution in [1.82, 2.24) is 9.80 Å². The highest BCUT2D eigenvalue weighted by atomic mass is 31.2. The molecule has 0 bridgehead atoms. The minimum atomic E-state index is -1.95. The molecule has 0 aliphatic carbocycles. The molecule has 3 aliphatic heterocycles. The summed E-state index contributed by atoms with van der Waals surface area (Å²) in [7, 11) is 1.99. The highest BCUT2D eigenvalue weighted by Crippen LogP contribution is 2.62. The van der Waals surface area contributed by atoms with Crippen molar-refractivity contribution in [2.75, 3.05) is 26.8 Å². The van der Waals surface area contributed by atoms with Gasteiger partial charge in [0, 0.05) is 36.1 Å². The van der Waals surface area contributed by atoms with Crippen LogP contribution in [0.5, 0.6) is 0 Å². The minimum Gasteiger partial charge on any atom is -0.459 e. The second-order valence-corrected chi connectivity index (χ2v) is 26.1. The van der Waals surface area contributed by atoms with Crippen LogP contribution in [-0.4, -0.2) is 140 Å². The number of carbonyl (C=O) groups is 2. The summed E-state index contributed by atoms with van der Waals surface area (Å²) in [6, 6.07) is 28.1. The van der Waals surface area contributed by atoms with E-state index in [4.69, 9.17) is 14.2 Å². The molecule has 2 saturated heterocycles. The van der Waals surface area contributed by atoms with E-state index in [1.54, 1.807) is 32.6 Å². The second-order valence-electron chi connectivity index (χ2n) is 22.6. The maximum Gasteiger partial charge on any atom is 0.311 e. The number of hydrogen-bond donors (Lipinski definition) is 5. The molecule has 72 heavy (non-hydrogen) atoms. The number of cyclic esters (lactones) is 1. The van der Waals surface area contributed by atoms with Gasteiger partial charge >= 0.3 is 5.97 Å². The molecule has 3 aliphatic rings. The first-order valence-corrected chi connectivity index (χ1v) is 29.2. The van der Waals surface area contributed by atoms with E-state index in [1.165, 1.54) is 72.7 Å². The number of carbonyl (C=O) groups excluding carboxylic acids is 2. The maximum atomic E-state index is 14.3. The molecule has 12 nitrogen and oxygen atoms in total. The number of unbranched alkanes of at least 4 members (excludes halogenated alkanes) is 8. The molecule has 5 N–H and O–H groups in total. The molecule has 13 heteroatoms. The van der Waals surface area contributed by atoms with Crippen molar-refractivity contribution in [2.24, 2.45) is 17.8 Å². The van der Waals surface area contributed by atoms with E-state index < -0.39 is 79.1 Å². The lowest BCUT2D eigenvalue weighted by Crippen LogP contribution is -2.60. The lowest BCUT2D eigenvalue weighted by molar-refractivity contribution is -0.299. The van der Waals surface area contributed by atoms with Crippen molar-refractivity contribution < 1.29 is 49.3 Å². The lowest BCUT2D eigenvalue weighted by atomic mass is 9.78. The number of ether oxygens (including phenoxy) is 3. The van der Waals surface area contributed by atoms with Gasteiger partial charge in [-0.25, -0.2) is 0 Å². The van der Waals surface area contributed by atoms with Crippen molar-refractivity contribution in [2.45, 2.75) is 205 Å². The Kier molecular flexibility index (Phi) is 20.5. The second kappa shape index (κ2) is 25.5. The zero-order chi connectivity index (χ0) is 52.5. The number of nitrogens with zero attached hydrogens (tertiary/aromatic N) is 2. The smallest absolute Gasteiger partial charge is 0.311 e. The first-order valence-electron chi connectivity index (χ1n) is 27.3. The summed E-state index contributed by atoms with van der Waals surface area (Å²) < 4.78 is 18.6. The number of amides is 1. The van der Waals surface area contributed by atoms with E-state index in [2.05, 4.69) is 78.9 Å². The van der Waals surface area contributed by atoms with Crippen LogP contribution in [0.1, 0.15) is 139 Å². The van der Waals surface area contributed by atoms with Gasteiger partial charge in [-0.2, -0.15) is 0 Å². The van der Waals surface area contributed by atoms with Gasteiger partial charge in [0.1, 0.15) is 47.1 Å². The summed E-state index contributed by atoms with van der Waals surface area (Å²) >= 11 is 0. The number of rotatable bonds is 17. The molecule has 0 saturated carbocycles. The molecular formula is C59H90N2O10P+. The van der Waals surface area contributed by atoms with Gasteiger partial charge in [-0.05, 0) is 117 Å². The third-order valence-corrected chi connectivity index (χ3v) is 21.1. The van der Waals surface area contributed by atoms with Crippen LogP contribution in [0, 0.1) is 17.8 Å². The van der Waals surface area contributed by atoms with Gasteiger partial charge < -0.3 is 49.5 Å². The summed E-state index contributed by atoms with van der Waals surface area (Å²) in [5.41, 5.74) is -0.828. The van der Waals surface area contributed by atoms with E-state index in [1.807, 2.05) is 32.8 Å². The van der Waals surface area contributed by atoms with Gasteiger partial charge in [0.05, 0.1) is 42.0 Å². The van der Waals surface area contributed by atoms with Crippen molar-refractivity contribution in [1.29, 1.82) is 0 Å². The molecule has 0 radical (unpaired) electrons. The number of benzene rings is 3. The molecule has 0 aromatic heterocycles. The first kappa shape index (κ1) is 58.0. The van der Waals surface area contributed by atoms with Crippen LogP contribution in [0.4, 0.5) is 0 Å². The predicted molar refractivity (Wildman–Crippen MR) is 289 cm³/mol. The minimum absolute atomic E-state index is 0.0982. The van der Waals surface area contributed by atoms with Gasteiger partial charge in [0.25, 0.3) is 0 Å². The molecule has 0 unspecified atom stereocenters. The van der Waals surface area contributed by atoms with Crippen LogP contribution in [0.15, 0.2) is 78.9 Å². The highest BCUT2D eigenvalue weighted by Gasteiger charge is 2.53. The summed E-state index contributed by atoms with van der Waals surface area (Å²) in [4.78, 5) is 31.6. The Labute approximate surface area is 432 Å². The standard InChI is InChI=1S/C59H90N2O10P/c1-11-50-59(8,68)54(65)43(6)61(38-39(2)37-58(7,67)55(41(4)52(63)42(5)56(66)70-50)71-57-53(64)47(60(9)10)36-40(3)69-57)51(62)34-22-17-15-13-12-14-16-18-27-35-72(44-28-20-19-21-29-44)48-32-25-23-30-45(48)46-31-24-26-33-49(46)72/h19-21,23-26,28-33,39-43,47,50,52-55,57,63-65,67-68H,11-18,22,27,34-38H2,1-10H3/q+1/t39-,40-,41+,42-,43-,47+,50-,52+,53-,54-,55-,57+,58-,59-/m1/s1. The number of aliphatic hydroxyl groups is 5. The van der Waals surface area contributed by atoms with Crippen molar-refractivity contribution in [3.63, 3.8) is 0 Å². The Balaban J connectivity index is 1.06. The Morgan fingerprint density at radius 3 is 1.89 bits per heavy atom. The zero-order valence-corrected chi connectivity index (χ0v) is 46.1. The Morgan fingerprint density at radius 2 is 1.32 bits per heavy atom. The molecule has 2 fully saturated rings. The van der Waals surface area contributed by atoms with E-state index in [0.717, 1.165) is 25.7 Å². The fourth-order valence-electron chi connectivity index (χ4n) is 12.4. The van der Waals surface area contributed by atoms with Crippen LogP contribution in [0.25, 0.3) is 11.1 Å². The largest absolute Gasteiger partial charge is 0.459 e. The molecule has 3 heterocycles. The van der Waals surface area contributed by atoms with Crippen LogP contribution in [0.2, 0.25) is 0 Å². The molecule has 14 atom stereocenters. The molecule has 0 spiro atoms. The fourth-order valence-corrected chi connectivity index (χ4v) is 17.2. The number of likely N-dealkylation sites (N-methyl/N-ethyl adjacent to an activating group) is 1. The van der Waals surface area contributed by atoms with Gasteiger partial charge in [0.15, 0.2) is 6.29 Å².